The maximum atomic E-state index is 11.9. The predicted octanol–water partition coefficient (Wildman–Crippen LogP) is 2.56. The zero-order chi connectivity index (χ0) is 16.0. The molecule has 5 nitrogen and oxygen atoms in total. The topological polar surface area (TPSA) is 56.1 Å². The van der Waals surface area contributed by atoms with E-state index in [0.29, 0.717) is 6.54 Å². The van der Waals surface area contributed by atoms with E-state index in [4.69, 9.17) is 4.74 Å². The summed E-state index contributed by atoms with van der Waals surface area (Å²) >= 11 is 0. The standard InChI is InChI=1S/C17H23N3O2/c1-17(2,3)22-16(21)11-19-15(12-20-10-9-18-13-20)14-7-5-4-6-8-14/h4-10,13,15,19H,11-12H2,1-3H3. The molecule has 0 saturated carbocycles. The zero-order valence-corrected chi connectivity index (χ0v) is 13.3. The van der Waals surface area contributed by atoms with Gasteiger partial charge in [0.05, 0.1) is 18.9 Å². The predicted molar refractivity (Wildman–Crippen MR) is 85.3 cm³/mol. The van der Waals surface area contributed by atoms with Crippen molar-refractivity contribution in [3.8, 4) is 0 Å². The first-order valence-electron chi connectivity index (χ1n) is 7.40. The van der Waals surface area contributed by atoms with Crippen molar-refractivity contribution in [2.45, 2.75) is 39.0 Å². The van der Waals surface area contributed by atoms with Crippen LogP contribution in [0.1, 0.15) is 32.4 Å². The fourth-order valence-electron chi connectivity index (χ4n) is 2.16. The number of nitrogens with zero attached hydrogens (tertiary/aromatic N) is 2. The molecule has 1 aromatic carbocycles. The van der Waals surface area contributed by atoms with Crippen LogP contribution < -0.4 is 5.32 Å². The second-order valence-electron chi connectivity index (χ2n) is 6.19. The summed E-state index contributed by atoms with van der Waals surface area (Å²) in [6.07, 6.45) is 5.42. The van der Waals surface area contributed by atoms with Gasteiger partial charge in [-0.25, -0.2) is 4.98 Å². The molecule has 1 aromatic heterocycles. The quantitative estimate of drug-likeness (QED) is 0.833. The maximum Gasteiger partial charge on any atom is 0.320 e. The third-order valence-electron chi connectivity index (χ3n) is 3.07. The lowest BCUT2D eigenvalue weighted by atomic mass is 10.1. The van der Waals surface area contributed by atoms with Crippen molar-refractivity contribution >= 4 is 5.97 Å². The number of nitrogens with one attached hydrogen (secondary N) is 1. The average molecular weight is 301 g/mol. The highest BCUT2D eigenvalue weighted by Crippen LogP contribution is 2.15. The summed E-state index contributed by atoms with van der Waals surface area (Å²) in [6.45, 7) is 6.47. The van der Waals surface area contributed by atoms with Gasteiger partial charge in [-0.15, -0.1) is 0 Å². The normalized spacial score (nSPS) is 12.9. The van der Waals surface area contributed by atoms with E-state index < -0.39 is 5.60 Å². The van der Waals surface area contributed by atoms with Crippen molar-refractivity contribution < 1.29 is 9.53 Å². The van der Waals surface area contributed by atoms with Gasteiger partial charge in [0.1, 0.15) is 5.60 Å². The number of imidazole rings is 1. The van der Waals surface area contributed by atoms with E-state index in [-0.39, 0.29) is 18.6 Å². The monoisotopic (exact) mass is 301 g/mol. The zero-order valence-electron chi connectivity index (χ0n) is 13.3. The van der Waals surface area contributed by atoms with Crippen LogP contribution in [0.25, 0.3) is 0 Å². The summed E-state index contributed by atoms with van der Waals surface area (Å²) in [5, 5.41) is 3.27. The Kier molecular flexibility index (Phi) is 5.33. The lowest BCUT2D eigenvalue weighted by molar-refractivity contribution is -0.153. The van der Waals surface area contributed by atoms with Crippen molar-refractivity contribution in [1.29, 1.82) is 0 Å². The van der Waals surface area contributed by atoms with Gasteiger partial charge in [-0.1, -0.05) is 30.3 Å². The largest absolute Gasteiger partial charge is 0.459 e. The van der Waals surface area contributed by atoms with E-state index in [1.165, 1.54) is 0 Å². The Labute approximate surface area is 131 Å². The Morgan fingerprint density at radius 3 is 2.64 bits per heavy atom. The van der Waals surface area contributed by atoms with Crippen molar-refractivity contribution in [3.05, 3.63) is 54.6 Å². The number of hydrogen-bond acceptors (Lipinski definition) is 4. The molecule has 0 radical (unpaired) electrons. The molecular weight excluding hydrogens is 278 g/mol. The highest BCUT2D eigenvalue weighted by Gasteiger charge is 2.18. The fourth-order valence-corrected chi connectivity index (χ4v) is 2.16. The maximum absolute atomic E-state index is 11.9. The van der Waals surface area contributed by atoms with Gasteiger partial charge in [-0.3, -0.25) is 10.1 Å². The molecule has 0 aliphatic heterocycles. The highest BCUT2D eigenvalue weighted by molar-refractivity contribution is 5.72. The molecule has 0 spiro atoms. The van der Waals surface area contributed by atoms with Gasteiger partial charge >= 0.3 is 5.97 Å². The van der Waals surface area contributed by atoms with E-state index >= 15 is 0 Å². The van der Waals surface area contributed by atoms with Crippen LogP contribution in [0.4, 0.5) is 0 Å². The first kappa shape index (κ1) is 16.2. The number of benzene rings is 1. The number of carbonyl (C=O) groups excluding carboxylic acids is 1. The Morgan fingerprint density at radius 1 is 1.32 bits per heavy atom. The number of esters is 1. The van der Waals surface area contributed by atoms with Gasteiger partial charge in [0, 0.05) is 18.9 Å². The minimum atomic E-state index is -0.467. The van der Waals surface area contributed by atoms with Crippen LogP contribution in [0.5, 0.6) is 0 Å². The van der Waals surface area contributed by atoms with Crippen molar-refractivity contribution in [1.82, 2.24) is 14.9 Å². The Balaban J connectivity index is 2.00. The van der Waals surface area contributed by atoms with E-state index in [0.717, 1.165) is 5.56 Å². The highest BCUT2D eigenvalue weighted by atomic mass is 16.6. The first-order chi connectivity index (χ1) is 10.4. The molecule has 5 heteroatoms. The second-order valence-corrected chi connectivity index (χ2v) is 6.19. The van der Waals surface area contributed by atoms with Crippen LogP contribution in [0.3, 0.4) is 0 Å². The summed E-state index contributed by atoms with van der Waals surface area (Å²) in [6, 6.07) is 10.1. The Hall–Kier alpha value is -2.14. The minimum absolute atomic E-state index is 0.0166. The van der Waals surface area contributed by atoms with Crippen LogP contribution in [-0.4, -0.2) is 27.7 Å². The molecule has 118 valence electrons. The second kappa shape index (κ2) is 7.22. The Morgan fingerprint density at radius 2 is 2.05 bits per heavy atom. The fraction of sp³-hybridized carbons (Fsp3) is 0.412. The van der Waals surface area contributed by atoms with Crippen LogP contribution in [0.2, 0.25) is 0 Å². The number of hydrogen-bond donors (Lipinski definition) is 1. The third-order valence-corrected chi connectivity index (χ3v) is 3.07. The van der Waals surface area contributed by atoms with Crippen LogP contribution >= 0.6 is 0 Å². The van der Waals surface area contributed by atoms with Crippen LogP contribution in [0, 0.1) is 0 Å². The summed E-state index contributed by atoms with van der Waals surface area (Å²) in [5.74, 6) is -0.251. The SMILES string of the molecule is CC(C)(C)OC(=O)CNC(Cn1ccnc1)c1ccccc1. The average Bonchev–Trinajstić information content (AvgIpc) is 2.95. The number of aromatic nitrogens is 2. The van der Waals surface area contributed by atoms with Gasteiger partial charge in [0.2, 0.25) is 0 Å². The molecule has 1 atom stereocenters. The lowest BCUT2D eigenvalue weighted by Crippen LogP contribution is -2.34. The molecule has 2 rings (SSSR count). The molecule has 0 bridgehead atoms. The molecule has 2 aromatic rings. The van der Waals surface area contributed by atoms with Crippen LogP contribution in [-0.2, 0) is 16.1 Å². The molecule has 0 amide bonds. The molecule has 1 N–H and O–H groups in total. The van der Waals surface area contributed by atoms with Gasteiger partial charge < -0.3 is 9.30 Å². The smallest absolute Gasteiger partial charge is 0.320 e. The first-order valence-corrected chi connectivity index (χ1v) is 7.40. The number of rotatable bonds is 6. The van der Waals surface area contributed by atoms with Crippen molar-refractivity contribution in [2.24, 2.45) is 0 Å². The molecule has 0 fully saturated rings. The molecule has 0 aliphatic rings. The van der Waals surface area contributed by atoms with Gasteiger partial charge in [0.25, 0.3) is 0 Å². The molecule has 0 saturated heterocycles. The summed E-state index contributed by atoms with van der Waals surface area (Å²) in [5.41, 5.74) is 0.658. The lowest BCUT2D eigenvalue weighted by Gasteiger charge is -2.22. The number of carbonyl (C=O) groups is 1. The van der Waals surface area contributed by atoms with E-state index in [2.05, 4.69) is 10.3 Å². The van der Waals surface area contributed by atoms with Gasteiger partial charge in [-0.2, -0.15) is 0 Å². The summed E-state index contributed by atoms with van der Waals surface area (Å²) < 4.78 is 7.32. The molecule has 1 heterocycles. The molecule has 22 heavy (non-hydrogen) atoms. The molecule has 1 unspecified atom stereocenters. The van der Waals surface area contributed by atoms with E-state index in [9.17, 15) is 4.79 Å². The van der Waals surface area contributed by atoms with Gasteiger partial charge in [-0.05, 0) is 26.3 Å². The van der Waals surface area contributed by atoms with E-state index in [1.807, 2.05) is 61.9 Å². The van der Waals surface area contributed by atoms with Gasteiger partial charge in [0.15, 0.2) is 0 Å². The molecular formula is C17H23N3O2. The van der Waals surface area contributed by atoms with Crippen LogP contribution in [0.15, 0.2) is 49.1 Å². The number of ether oxygens (including phenoxy) is 1. The summed E-state index contributed by atoms with van der Waals surface area (Å²) in [4.78, 5) is 15.9. The summed E-state index contributed by atoms with van der Waals surface area (Å²) in [7, 11) is 0. The van der Waals surface area contributed by atoms with E-state index in [1.54, 1.807) is 12.5 Å². The minimum Gasteiger partial charge on any atom is -0.459 e. The Bertz CT molecular complexity index is 574. The molecule has 0 aliphatic carbocycles. The third kappa shape index (κ3) is 5.33. The van der Waals surface area contributed by atoms with Crippen molar-refractivity contribution in [3.63, 3.8) is 0 Å². The van der Waals surface area contributed by atoms with Crippen molar-refractivity contribution in [2.75, 3.05) is 6.54 Å².